The summed E-state index contributed by atoms with van der Waals surface area (Å²) in [5.74, 6) is -0.362. The van der Waals surface area contributed by atoms with Gasteiger partial charge in [0.05, 0.1) is 12.7 Å². The molecule has 0 aliphatic heterocycles. The largest absolute Gasteiger partial charge is 0.465 e. The molecule has 0 radical (unpaired) electrons. The van der Waals surface area contributed by atoms with Crippen LogP contribution >= 0.6 is 0 Å². The van der Waals surface area contributed by atoms with Crippen molar-refractivity contribution < 1.29 is 14.3 Å². The average Bonchev–Trinajstić information content (AvgIpc) is 2.73. The fourth-order valence-corrected chi connectivity index (χ4v) is 7.56. The Hall–Kier alpha value is -2.98. The molecule has 26 heavy (non-hydrogen) atoms. The van der Waals surface area contributed by atoms with E-state index in [0.717, 1.165) is 21.8 Å². The molecule has 130 valence electrons. The van der Waals surface area contributed by atoms with Crippen LogP contribution < -0.4 is 15.6 Å². The average molecular weight is 360 g/mol. The van der Waals surface area contributed by atoms with Crippen LogP contribution in [0.4, 0.5) is 0 Å². The Balaban J connectivity index is 2.38. The van der Waals surface area contributed by atoms with Crippen LogP contribution in [0.25, 0.3) is 0 Å². The molecule has 0 N–H and O–H groups in total. The van der Waals surface area contributed by atoms with Crippen molar-refractivity contribution in [2.75, 3.05) is 7.11 Å². The van der Waals surface area contributed by atoms with E-state index in [1.54, 1.807) is 6.07 Å². The summed E-state index contributed by atoms with van der Waals surface area (Å²) < 4.78 is 5.01. The van der Waals surface area contributed by atoms with E-state index in [1.807, 2.05) is 60.7 Å². The quantitative estimate of drug-likeness (QED) is 0.304. The summed E-state index contributed by atoms with van der Waals surface area (Å²) in [5, 5.41) is 3.05. The number of hydrogen-bond donors (Lipinski definition) is 0. The molecule has 3 aromatic rings. The number of aldehydes is 1. The number of ether oxygens (including phenoxy) is 1. The number of methoxy groups -OCH3 is 1. The Bertz CT molecular complexity index is 937. The molecule has 0 aliphatic carbocycles. The molecule has 3 rings (SSSR count). The molecule has 0 heterocycles. The normalized spacial score (nSPS) is 12.8. The topological polar surface area (TPSA) is 43.4 Å². The Morgan fingerprint density at radius 2 is 1.42 bits per heavy atom. The molecule has 0 unspecified atom stereocenters. The standard InChI is InChI=1S/C22H20O3Si/c1-25-22(24)19-13-7-9-15-21(19)26(2,18-11-4-3-5-12-18)20-14-8-6-10-17(20)16-23/h3-16H,1-2H3/t26-/m0/s1. The zero-order chi connectivity index (χ0) is 18.6. The third-order valence-corrected chi connectivity index (χ3v) is 9.38. The highest BCUT2D eigenvalue weighted by atomic mass is 28.3. The summed E-state index contributed by atoms with van der Waals surface area (Å²) in [5.41, 5.74) is 1.21. The van der Waals surface area contributed by atoms with Crippen LogP contribution in [0, 0.1) is 0 Å². The third kappa shape index (κ3) is 3.00. The van der Waals surface area contributed by atoms with Gasteiger partial charge in [0.15, 0.2) is 0 Å². The Kier molecular flexibility index (Phi) is 5.14. The number of benzene rings is 3. The van der Waals surface area contributed by atoms with Gasteiger partial charge in [0.25, 0.3) is 0 Å². The van der Waals surface area contributed by atoms with E-state index in [9.17, 15) is 9.59 Å². The summed E-state index contributed by atoms with van der Waals surface area (Å²) in [7, 11) is -1.21. The van der Waals surface area contributed by atoms with Crippen molar-refractivity contribution in [1.29, 1.82) is 0 Å². The number of rotatable bonds is 5. The van der Waals surface area contributed by atoms with Crippen LogP contribution in [-0.2, 0) is 4.74 Å². The van der Waals surface area contributed by atoms with Gasteiger partial charge in [-0.25, -0.2) is 4.79 Å². The molecule has 3 aromatic carbocycles. The van der Waals surface area contributed by atoms with Crippen LogP contribution in [0.1, 0.15) is 20.7 Å². The van der Waals surface area contributed by atoms with Crippen LogP contribution in [0.5, 0.6) is 0 Å². The molecule has 0 saturated carbocycles. The smallest absolute Gasteiger partial charge is 0.337 e. The van der Waals surface area contributed by atoms with Gasteiger partial charge < -0.3 is 4.74 Å². The lowest BCUT2D eigenvalue weighted by Gasteiger charge is -2.31. The van der Waals surface area contributed by atoms with Gasteiger partial charge in [0.1, 0.15) is 14.4 Å². The lowest BCUT2D eigenvalue weighted by atomic mass is 10.2. The zero-order valence-corrected chi connectivity index (χ0v) is 15.8. The van der Waals surface area contributed by atoms with Crippen molar-refractivity contribution in [3.63, 3.8) is 0 Å². The predicted molar refractivity (Wildman–Crippen MR) is 107 cm³/mol. The minimum Gasteiger partial charge on any atom is -0.465 e. The van der Waals surface area contributed by atoms with Crippen LogP contribution in [0.15, 0.2) is 78.9 Å². The van der Waals surface area contributed by atoms with Crippen molar-refractivity contribution >= 4 is 35.9 Å². The van der Waals surface area contributed by atoms with Crippen LogP contribution in [0.3, 0.4) is 0 Å². The van der Waals surface area contributed by atoms with E-state index in [0.29, 0.717) is 11.1 Å². The Morgan fingerprint density at radius 1 is 0.846 bits per heavy atom. The molecule has 0 saturated heterocycles. The van der Waals surface area contributed by atoms with Crippen molar-refractivity contribution in [2.45, 2.75) is 6.55 Å². The summed E-state index contributed by atoms with van der Waals surface area (Å²) in [6, 6.07) is 25.3. The van der Waals surface area contributed by atoms with Crippen LogP contribution in [0.2, 0.25) is 6.55 Å². The second-order valence-corrected chi connectivity index (χ2v) is 10.1. The molecule has 0 aromatic heterocycles. The van der Waals surface area contributed by atoms with Gasteiger partial charge in [-0.1, -0.05) is 79.3 Å². The molecule has 0 aliphatic rings. The molecule has 0 amide bonds. The number of carbonyl (C=O) groups excluding carboxylic acids is 2. The minimum absolute atomic E-state index is 0.362. The van der Waals surface area contributed by atoms with Gasteiger partial charge in [-0.2, -0.15) is 0 Å². The van der Waals surface area contributed by atoms with Gasteiger partial charge in [-0.15, -0.1) is 0 Å². The first-order valence-electron chi connectivity index (χ1n) is 8.41. The second-order valence-electron chi connectivity index (χ2n) is 6.23. The van der Waals surface area contributed by atoms with Crippen molar-refractivity contribution in [3.05, 3.63) is 90.0 Å². The molecule has 1 atom stereocenters. The summed E-state index contributed by atoms with van der Waals surface area (Å²) in [6.07, 6.45) is 0.893. The van der Waals surface area contributed by atoms with E-state index < -0.39 is 8.07 Å². The highest BCUT2D eigenvalue weighted by molar-refractivity contribution is 7.11. The molecule has 4 heteroatoms. The van der Waals surface area contributed by atoms with E-state index >= 15 is 0 Å². The molecular weight excluding hydrogens is 340 g/mol. The van der Waals surface area contributed by atoms with Crippen molar-refractivity contribution in [2.24, 2.45) is 0 Å². The molecule has 0 spiro atoms. The number of carbonyl (C=O) groups is 2. The first kappa shape index (κ1) is 17.8. The van der Waals surface area contributed by atoms with Crippen LogP contribution in [-0.4, -0.2) is 27.4 Å². The lowest BCUT2D eigenvalue weighted by Crippen LogP contribution is -2.66. The van der Waals surface area contributed by atoms with Gasteiger partial charge in [-0.05, 0) is 21.6 Å². The maximum absolute atomic E-state index is 12.4. The fourth-order valence-electron chi connectivity index (χ4n) is 3.49. The molecule has 0 bridgehead atoms. The van der Waals surface area contributed by atoms with Gasteiger partial charge in [-0.3, -0.25) is 4.79 Å². The Morgan fingerprint density at radius 3 is 2.08 bits per heavy atom. The maximum Gasteiger partial charge on any atom is 0.337 e. The second kappa shape index (κ2) is 7.50. The summed E-state index contributed by atoms with van der Waals surface area (Å²) in [6.45, 7) is 2.17. The van der Waals surface area contributed by atoms with Crippen molar-refractivity contribution in [3.8, 4) is 0 Å². The third-order valence-electron chi connectivity index (χ3n) is 4.85. The molecule has 3 nitrogen and oxygen atoms in total. The predicted octanol–water partition coefficient (Wildman–Crippen LogP) is 2.39. The number of hydrogen-bond acceptors (Lipinski definition) is 3. The fraction of sp³-hybridized carbons (Fsp3) is 0.0909. The summed E-state index contributed by atoms with van der Waals surface area (Å²) >= 11 is 0. The summed E-state index contributed by atoms with van der Waals surface area (Å²) in [4.78, 5) is 24.2. The van der Waals surface area contributed by atoms with Crippen molar-refractivity contribution in [1.82, 2.24) is 0 Å². The highest BCUT2D eigenvalue weighted by Crippen LogP contribution is 2.13. The van der Waals surface area contributed by atoms with Gasteiger partial charge >= 0.3 is 5.97 Å². The van der Waals surface area contributed by atoms with Gasteiger partial charge in [0.2, 0.25) is 0 Å². The first-order valence-corrected chi connectivity index (χ1v) is 10.9. The van der Waals surface area contributed by atoms with E-state index in [1.165, 1.54) is 7.11 Å². The lowest BCUT2D eigenvalue weighted by molar-refractivity contribution is 0.0602. The van der Waals surface area contributed by atoms with E-state index in [2.05, 4.69) is 18.7 Å². The SMILES string of the molecule is COC(=O)c1ccccc1[Si@@](C)(c1ccccc1)c1ccccc1C=O. The number of esters is 1. The van der Waals surface area contributed by atoms with E-state index in [4.69, 9.17) is 4.74 Å². The minimum atomic E-state index is -2.60. The first-order chi connectivity index (χ1) is 12.6. The van der Waals surface area contributed by atoms with E-state index in [-0.39, 0.29) is 5.97 Å². The highest BCUT2D eigenvalue weighted by Gasteiger charge is 2.38. The molecular formula is C22H20O3Si. The zero-order valence-electron chi connectivity index (χ0n) is 14.8. The van der Waals surface area contributed by atoms with Gasteiger partial charge in [0, 0.05) is 5.56 Å². The Labute approximate surface area is 154 Å². The maximum atomic E-state index is 12.4. The monoisotopic (exact) mass is 360 g/mol. The molecule has 0 fully saturated rings.